The lowest BCUT2D eigenvalue weighted by molar-refractivity contribution is 0.335. The number of hydrogen-bond donors (Lipinski definition) is 1. The van der Waals surface area contributed by atoms with Crippen molar-refractivity contribution in [1.29, 1.82) is 0 Å². The second-order valence-electron chi connectivity index (χ2n) is 2.58. The predicted molar refractivity (Wildman–Crippen MR) is 51.9 cm³/mol. The van der Waals surface area contributed by atoms with Gasteiger partial charge in [0.15, 0.2) is 0 Å². The summed E-state index contributed by atoms with van der Waals surface area (Å²) in [6.45, 7) is 0.358. The first kappa shape index (κ1) is 9.68. The van der Waals surface area contributed by atoms with Gasteiger partial charge >= 0.3 is 0 Å². The van der Waals surface area contributed by atoms with E-state index >= 15 is 0 Å². The molecule has 0 aliphatic rings. The Balaban J connectivity index is 2.73. The van der Waals surface area contributed by atoms with Crippen molar-refractivity contribution >= 4 is 15.9 Å². The minimum absolute atomic E-state index is 0.358. The van der Waals surface area contributed by atoms with Crippen molar-refractivity contribution in [2.75, 3.05) is 13.6 Å². The molecule has 1 aromatic rings. The van der Waals surface area contributed by atoms with Crippen molar-refractivity contribution < 1.29 is 4.39 Å². The van der Waals surface area contributed by atoms with Crippen molar-refractivity contribution in [2.24, 2.45) is 0 Å². The summed E-state index contributed by atoms with van der Waals surface area (Å²) in [4.78, 5) is 0. The number of benzene rings is 1. The minimum atomic E-state index is -0.924. The lowest BCUT2D eigenvalue weighted by Gasteiger charge is -2.07. The molecular weight excluding hydrogens is 221 g/mol. The van der Waals surface area contributed by atoms with Crippen LogP contribution in [0.15, 0.2) is 28.7 Å². The smallest absolute Gasteiger partial charge is 0.138 e. The molecule has 1 N–H and O–H groups in total. The third-order valence-electron chi connectivity index (χ3n) is 1.59. The lowest BCUT2D eigenvalue weighted by Crippen LogP contribution is -2.13. The highest BCUT2D eigenvalue weighted by atomic mass is 79.9. The van der Waals surface area contributed by atoms with E-state index in [1.165, 1.54) is 0 Å². The molecule has 0 aromatic heterocycles. The highest BCUT2D eigenvalue weighted by molar-refractivity contribution is 9.10. The quantitative estimate of drug-likeness (QED) is 0.844. The monoisotopic (exact) mass is 231 g/mol. The van der Waals surface area contributed by atoms with Crippen LogP contribution < -0.4 is 5.32 Å². The van der Waals surface area contributed by atoms with E-state index in [9.17, 15) is 4.39 Å². The Hall–Kier alpha value is -0.410. The van der Waals surface area contributed by atoms with E-state index in [0.29, 0.717) is 12.1 Å². The lowest BCUT2D eigenvalue weighted by atomic mass is 10.1. The maximum Gasteiger partial charge on any atom is 0.138 e. The van der Waals surface area contributed by atoms with Gasteiger partial charge in [-0.2, -0.15) is 0 Å². The van der Waals surface area contributed by atoms with E-state index in [-0.39, 0.29) is 0 Å². The molecule has 1 rings (SSSR count). The molecule has 1 aromatic carbocycles. The van der Waals surface area contributed by atoms with Crippen molar-refractivity contribution in [3.05, 3.63) is 34.3 Å². The van der Waals surface area contributed by atoms with Gasteiger partial charge in [-0.25, -0.2) is 4.39 Å². The number of halogens is 2. The third kappa shape index (κ3) is 2.57. The Labute approximate surface area is 80.1 Å². The molecule has 1 atom stereocenters. The fourth-order valence-corrected chi connectivity index (χ4v) is 1.42. The van der Waals surface area contributed by atoms with Crippen LogP contribution in [-0.2, 0) is 0 Å². The van der Waals surface area contributed by atoms with Gasteiger partial charge in [0.25, 0.3) is 0 Å². The molecule has 0 heterocycles. The van der Waals surface area contributed by atoms with Gasteiger partial charge in [0.2, 0.25) is 0 Å². The number of alkyl halides is 1. The highest BCUT2D eigenvalue weighted by Gasteiger charge is 2.07. The Kier molecular flexibility index (Phi) is 3.69. The zero-order valence-corrected chi connectivity index (χ0v) is 8.44. The molecule has 0 amide bonds. The van der Waals surface area contributed by atoms with Gasteiger partial charge in [-0.15, -0.1) is 0 Å². The fourth-order valence-electron chi connectivity index (χ4n) is 0.998. The van der Waals surface area contributed by atoms with Crippen LogP contribution in [0.1, 0.15) is 11.7 Å². The number of rotatable bonds is 3. The Bertz CT molecular complexity index is 252. The van der Waals surface area contributed by atoms with Gasteiger partial charge in [-0.1, -0.05) is 28.1 Å². The summed E-state index contributed by atoms with van der Waals surface area (Å²) >= 11 is 3.29. The average molecular weight is 232 g/mol. The largest absolute Gasteiger partial charge is 0.317 e. The molecule has 0 fully saturated rings. The predicted octanol–water partition coefficient (Wildman–Crippen LogP) is 2.68. The molecule has 0 radical (unpaired) electrons. The molecule has 3 heteroatoms. The van der Waals surface area contributed by atoms with Crippen LogP contribution >= 0.6 is 15.9 Å². The van der Waals surface area contributed by atoms with Gasteiger partial charge in [0, 0.05) is 11.0 Å². The second-order valence-corrected chi connectivity index (χ2v) is 3.50. The van der Waals surface area contributed by atoms with Gasteiger partial charge < -0.3 is 5.32 Å². The molecule has 0 saturated carbocycles. The first-order valence-corrected chi connectivity index (χ1v) is 4.57. The Morgan fingerprint density at radius 2 is 2.33 bits per heavy atom. The molecule has 0 spiro atoms. The van der Waals surface area contributed by atoms with Crippen LogP contribution in [-0.4, -0.2) is 13.6 Å². The van der Waals surface area contributed by atoms with Gasteiger partial charge in [0.05, 0.1) is 0 Å². The molecule has 0 aliphatic carbocycles. The standard InChI is InChI=1S/C9H11BrFN/c1-12-6-9(11)7-3-2-4-8(10)5-7/h2-5,9,12H,6H2,1H3. The molecule has 1 unspecified atom stereocenters. The summed E-state index contributed by atoms with van der Waals surface area (Å²) in [5, 5.41) is 2.80. The van der Waals surface area contributed by atoms with E-state index in [0.717, 1.165) is 4.47 Å². The minimum Gasteiger partial charge on any atom is -0.317 e. The van der Waals surface area contributed by atoms with Crippen LogP contribution in [0, 0.1) is 0 Å². The Morgan fingerprint density at radius 1 is 1.58 bits per heavy atom. The summed E-state index contributed by atoms with van der Waals surface area (Å²) in [6, 6.07) is 7.30. The first-order valence-electron chi connectivity index (χ1n) is 3.78. The molecule has 12 heavy (non-hydrogen) atoms. The molecular formula is C9H11BrFN. The second kappa shape index (κ2) is 4.58. The first-order chi connectivity index (χ1) is 5.74. The van der Waals surface area contributed by atoms with Crippen LogP contribution in [0.2, 0.25) is 0 Å². The number of hydrogen-bond acceptors (Lipinski definition) is 1. The van der Waals surface area contributed by atoms with E-state index in [1.54, 1.807) is 19.2 Å². The van der Waals surface area contributed by atoms with Crippen molar-refractivity contribution in [3.8, 4) is 0 Å². The summed E-state index contributed by atoms with van der Waals surface area (Å²) < 4.78 is 14.1. The topological polar surface area (TPSA) is 12.0 Å². The molecule has 0 saturated heterocycles. The summed E-state index contributed by atoms with van der Waals surface area (Å²) in [6.07, 6.45) is -0.924. The fraction of sp³-hybridized carbons (Fsp3) is 0.333. The van der Waals surface area contributed by atoms with E-state index in [1.807, 2.05) is 12.1 Å². The van der Waals surface area contributed by atoms with Crippen LogP contribution in [0.5, 0.6) is 0 Å². The Morgan fingerprint density at radius 3 is 2.92 bits per heavy atom. The highest BCUT2D eigenvalue weighted by Crippen LogP contribution is 2.20. The third-order valence-corrected chi connectivity index (χ3v) is 2.09. The van der Waals surface area contributed by atoms with Crippen LogP contribution in [0.4, 0.5) is 4.39 Å². The summed E-state index contributed by atoms with van der Waals surface area (Å²) in [5.74, 6) is 0. The zero-order chi connectivity index (χ0) is 8.97. The normalized spacial score (nSPS) is 12.9. The van der Waals surface area contributed by atoms with Gasteiger partial charge in [-0.3, -0.25) is 0 Å². The summed E-state index contributed by atoms with van der Waals surface area (Å²) in [7, 11) is 1.74. The van der Waals surface area contributed by atoms with Crippen molar-refractivity contribution in [3.63, 3.8) is 0 Å². The van der Waals surface area contributed by atoms with Gasteiger partial charge in [0.1, 0.15) is 6.17 Å². The molecule has 66 valence electrons. The van der Waals surface area contributed by atoms with E-state index < -0.39 is 6.17 Å². The molecule has 1 nitrogen and oxygen atoms in total. The number of likely N-dealkylation sites (N-methyl/N-ethyl adjacent to an activating group) is 1. The van der Waals surface area contributed by atoms with Crippen molar-refractivity contribution in [1.82, 2.24) is 5.32 Å². The maximum atomic E-state index is 13.2. The van der Waals surface area contributed by atoms with Crippen LogP contribution in [0.25, 0.3) is 0 Å². The zero-order valence-electron chi connectivity index (χ0n) is 6.85. The summed E-state index contributed by atoms with van der Waals surface area (Å²) in [5.41, 5.74) is 0.707. The van der Waals surface area contributed by atoms with Gasteiger partial charge in [-0.05, 0) is 24.7 Å². The van der Waals surface area contributed by atoms with E-state index in [4.69, 9.17) is 0 Å². The van der Waals surface area contributed by atoms with Crippen LogP contribution in [0.3, 0.4) is 0 Å². The van der Waals surface area contributed by atoms with Crippen molar-refractivity contribution in [2.45, 2.75) is 6.17 Å². The number of nitrogens with one attached hydrogen (secondary N) is 1. The SMILES string of the molecule is CNCC(F)c1cccc(Br)c1. The molecule has 0 aliphatic heterocycles. The van der Waals surface area contributed by atoms with E-state index in [2.05, 4.69) is 21.2 Å². The molecule has 0 bridgehead atoms. The average Bonchev–Trinajstić information content (AvgIpc) is 2.05. The maximum absolute atomic E-state index is 13.2.